The summed E-state index contributed by atoms with van der Waals surface area (Å²) < 4.78 is 0. The second kappa shape index (κ2) is 9.19. The molecule has 0 unspecified atom stereocenters. The fourth-order valence-corrected chi connectivity index (χ4v) is 4.31. The van der Waals surface area contributed by atoms with Gasteiger partial charge < -0.3 is 4.90 Å². The maximum atomic E-state index is 13.4. The number of amides is 1. The first kappa shape index (κ1) is 19.6. The van der Waals surface area contributed by atoms with Gasteiger partial charge in [-0.3, -0.25) is 14.7 Å². The molecule has 0 N–H and O–H groups in total. The van der Waals surface area contributed by atoms with E-state index < -0.39 is 0 Å². The van der Waals surface area contributed by atoms with Crippen molar-refractivity contribution in [1.82, 2.24) is 14.8 Å². The van der Waals surface area contributed by atoms with Crippen molar-refractivity contribution in [1.29, 1.82) is 0 Å². The monoisotopic (exact) mass is 387 g/mol. The zero-order valence-corrected chi connectivity index (χ0v) is 17.1. The Hall–Kier alpha value is -2.72. The van der Waals surface area contributed by atoms with E-state index in [0.29, 0.717) is 6.04 Å². The Morgan fingerprint density at radius 2 is 1.93 bits per heavy atom. The standard InChI is InChI=1S/C25H29N3O/c1-2-3-11-22-19-28(16-15-27(22)18-20-8-7-14-26-17-20)25(29)24-13-6-10-21-9-4-5-12-23(21)24/h4-10,12-14,17,22H,2-3,11,15-16,18-19H2,1H3/t22-/m0/s1. The van der Waals surface area contributed by atoms with E-state index in [1.165, 1.54) is 18.4 Å². The maximum absolute atomic E-state index is 13.4. The molecule has 0 aliphatic carbocycles. The van der Waals surface area contributed by atoms with Gasteiger partial charge in [-0.2, -0.15) is 0 Å². The van der Waals surface area contributed by atoms with Crippen molar-refractivity contribution >= 4 is 16.7 Å². The van der Waals surface area contributed by atoms with Crippen molar-refractivity contribution in [2.24, 2.45) is 0 Å². The third-order valence-electron chi connectivity index (χ3n) is 5.91. The minimum absolute atomic E-state index is 0.157. The molecule has 150 valence electrons. The van der Waals surface area contributed by atoms with Crippen LogP contribution in [0.4, 0.5) is 0 Å². The number of hydrogen-bond donors (Lipinski definition) is 0. The lowest BCUT2D eigenvalue weighted by Gasteiger charge is -2.41. The molecule has 0 spiro atoms. The summed E-state index contributed by atoms with van der Waals surface area (Å²) in [7, 11) is 0. The van der Waals surface area contributed by atoms with Gasteiger partial charge in [0.05, 0.1) is 0 Å². The summed E-state index contributed by atoms with van der Waals surface area (Å²) in [5.41, 5.74) is 2.06. The van der Waals surface area contributed by atoms with Gasteiger partial charge in [-0.05, 0) is 34.9 Å². The maximum Gasteiger partial charge on any atom is 0.254 e. The second-order valence-electron chi connectivity index (χ2n) is 7.91. The number of benzene rings is 2. The van der Waals surface area contributed by atoms with Gasteiger partial charge in [0.15, 0.2) is 0 Å². The molecule has 0 radical (unpaired) electrons. The predicted molar refractivity (Wildman–Crippen MR) is 118 cm³/mol. The van der Waals surface area contributed by atoms with E-state index in [9.17, 15) is 4.79 Å². The molecular formula is C25H29N3O. The normalized spacial score (nSPS) is 17.6. The number of fused-ring (bicyclic) bond motifs is 1. The van der Waals surface area contributed by atoms with E-state index in [-0.39, 0.29) is 5.91 Å². The molecule has 0 bridgehead atoms. The number of pyridine rings is 1. The Balaban J connectivity index is 1.52. The average Bonchev–Trinajstić information content (AvgIpc) is 2.78. The molecule has 2 aromatic carbocycles. The fraction of sp³-hybridized carbons (Fsp3) is 0.360. The fourth-order valence-electron chi connectivity index (χ4n) is 4.31. The summed E-state index contributed by atoms with van der Waals surface area (Å²) >= 11 is 0. The summed E-state index contributed by atoms with van der Waals surface area (Å²) in [6, 6.07) is 18.7. The molecule has 1 aliphatic rings. The topological polar surface area (TPSA) is 36.4 Å². The van der Waals surface area contributed by atoms with Crippen molar-refractivity contribution in [3.63, 3.8) is 0 Å². The number of hydrogen-bond acceptors (Lipinski definition) is 3. The van der Waals surface area contributed by atoms with E-state index in [1.54, 1.807) is 0 Å². The van der Waals surface area contributed by atoms with Crippen LogP contribution in [0.1, 0.15) is 42.1 Å². The molecule has 4 rings (SSSR count). The minimum Gasteiger partial charge on any atom is -0.336 e. The van der Waals surface area contributed by atoms with Gasteiger partial charge in [-0.1, -0.05) is 62.2 Å². The number of piperazine rings is 1. The summed E-state index contributed by atoms with van der Waals surface area (Å²) in [6.45, 7) is 5.60. The van der Waals surface area contributed by atoms with Gasteiger partial charge in [0.2, 0.25) is 0 Å². The second-order valence-corrected chi connectivity index (χ2v) is 7.91. The van der Waals surface area contributed by atoms with Crippen molar-refractivity contribution in [2.75, 3.05) is 19.6 Å². The van der Waals surface area contributed by atoms with Crippen LogP contribution in [-0.2, 0) is 6.54 Å². The summed E-state index contributed by atoms with van der Waals surface area (Å²) in [6.07, 6.45) is 7.25. The number of aromatic nitrogens is 1. The summed E-state index contributed by atoms with van der Waals surface area (Å²) in [4.78, 5) is 22.2. The summed E-state index contributed by atoms with van der Waals surface area (Å²) in [5.74, 6) is 0.157. The number of carbonyl (C=O) groups is 1. The molecule has 4 heteroatoms. The first-order valence-electron chi connectivity index (χ1n) is 10.7. The Morgan fingerprint density at radius 1 is 1.07 bits per heavy atom. The highest BCUT2D eigenvalue weighted by Gasteiger charge is 2.30. The van der Waals surface area contributed by atoms with Gasteiger partial charge in [-0.25, -0.2) is 0 Å². The van der Waals surface area contributed by atoms with E-state index in [1.807, 2.05) is 42.7 Å². The molecule has 2 heterocycles. The molecule has 1 aliphatic heterocycles. The lowest BCUT2D eigenvalue weighted by molar-refractivity contribution is 0.0436. The number of unbranched alkanes of at least 4 members (excludes halogenated alkanes) is 1. The Labute approximate surface area is 173 Å². The highest BCUT2D eigenvalue weighted by Crippen LogP contribution is 2.23. The van der Waals surface area contributed by atoms with Crippen LogP contribution in [0.15, 0.2) is 67.0 Å². The van der Waals surface area contributed by atoms with Crippen LogP contribution < -0.4 is 0 Å². The van der Waals surface area contributed by atoms with Gasteiger partial charge in [0, 0.05) is 50.2 Å². The molecule has 1 atom stereocenters. The zero-order valence-electron chi connectivity index (χ0n) is 17.1. The minimum atomic E-state index is 0.157. The Bertz CT molecular complexity index is 951. The van der Waals surface area contributed by atoms with Crippen LogP contribution in [0, 0.1) is 0 Å². The highest BCUT2D eigenvalue weighted by molar-refractivity contribution is 6.07. The highest BCUT2D eigenvalue weighted by atomic mass is 16.2. The molecule has 1 fully saturated rings. The molecule has 3 aromatic rings. The van der Waals surface area contributed by atoms with Gasteiger partial charge in [0.1, 0.15) is 0 Å². The lowest BCUT2D eigenvalue weighted by atomic mass is 10.0. The van der Waals surface area contributed by atoms with Crippen LogP contribution in [-0.4, -0.2) is 46.4 Å². The van der Waals surface area contributed by atoms with Crippen molar-refractivity contribution in [3.05, 3.63) is 78.1 Å². The van der Waals surface area contributed by atoms with Gasteiger partial charge in [0.25, 0.3) is 5.91 Å². The SMILES string of the molecule is CCCC[C@H]1CN(C(=O)c2cccc3ccccc23)CCN1Cc1cccnc1. The Morgan fingerprint density at radius 3 is 2.76 bits per heavy atom. The predicted octanol–water partition coefficient (Wildman–Crippen LogP) is 4.75. The van der Waals surface area contributed by atoms with Crippen LogP contribution in [0.25, 0.3) is 10.8 Å². The molecule has 1 saturated heterocycles. The van der Waals surface area contributed by atoms with Gasteiger partial charge in [-0.15, -0.1) is 0 Å². The number of rotatable bonds is 6. The largest absolute Gasteiger partial charge is 0.336 e. The summed E-state index contributed by atoms with van der Waals surface area (Å²) in [5, 5.41) is 2.17. The molecule has 4 nitrogen and oxygen atoms in total. The van der Waals surface area contributed by atoms with E-state index in [2.05, 4.69) is 46.0 Å². The van der Waals surface area contributed by atoms with E-state index in [4.69, 9.17) is 0 Å². The molecule has 1 amide bonds. The third-order valence-corrected chi connectivity index (χ3v) is 5.91. The molecule has 29 heavy (non-hydrogen) atoms. The number of carbonyl (C=O) groups excluding carboxylic acids is 1. The molecular weight excluding hydrogens is 358 g/mol. The first-order chi connectivity index (χ1) is 14.3. The molecule has 0 saturated carbocycles. The van der Waals surface area contributed by atoms with Crippen LogP contribution >= 0.6 is 0 Å². The zero-order chi connectivity index (χ0) is 20.1. The van der Waals surface area contributed by atoms with Crippen LogP contribution in [0.5, 0.6) is 0 Å². The first-order valence-corrected chi connectivity index (χ1v) is 10.7. The van der Waals surface area contributed by atoms with Crippen LogP contribution in [0.3, 0.4) is 0 Å². The number of nitrogens with zero attached hydrogens (tertiary/aromatic N) is 3. The smallest absolute Gasteiger partial charge is 0.254 e. The lowest BCUT2D eigenvalue weighted by Crippen LogP contribution is -2.54. The van der Waals surface area contributed by atoms with Crippen LogP contribution in [0.2, 0.25) is 0 Å². The quantitative estimate of drug-likeness (QED) is 0.612. The van der Waals surface area contributed by atoms with E-state index in [0.717, 1.165) is 48.9 Å². The average molecular weight is 388 g/mol. The molecule has 1 aromatic heterocycles. The van der Waals surface area contributed by atoms with Crippen molar-refractivity contribution in [3.8, 4) is 0 Å². The Kier molecular flexibility index (Phi) is 6.20. The van der Waals surface area contributed by atoms with Gasteiger partial charge >= 0.3 is 0 Å². The third kappa shape index (κ3) is 4.48. The van der Waals surface area contributed by atoms with Crippen molar-refractivity contribution in [2.45, 2.75) is 38.8 Å². The van der Waals surface area contributed by atoms with E-state index >= 15 is 0 Å². The van der Waals surface area contributed by atoms with Crippen molar-refractivity contribution < 1.29 is 4.79 Å².